The van der Waals surface area contributed by atoms with Gasteiger partial charge >= 0.3 is 5.97 Å². The van der Waals surface area contributed by atoms with E-state index in [0.717, 1.165) is 10.5 Å². The first-order valence-electron chi connectivity index (χ1n) is 11.0. The SMILES string of the molecule is CC1=CC(C)(C)N2C(=O)C(=C(C#N)C#N)c3cc(OC(=O)CN4C(=O)c5ccccc5C4=O)cc1c32. The van der Waals surface area contributed by atoms with Gasteiger partial charge in [-0.1, -0.05) is 18.2 Å². The van der Waals surface area contributed by atoms with Crippen LogP contribution in [0.4, 0.5) is 5.69 Å². The predicted molar refractivity (Wildman–Crippen MR) is 127 cm³/mol. The second-order valence-electron chi connectivity index (χ2n) is 9.18. The third-order valence-electron chi connectivity index (χ3n) is 6.43. The molecule has 2 aromatic rings. The molecule has 0 bridgehead atoms. The van der Waals surface area contributed by atoms with Gasteiger partial charge < -0.3 is 4.74 Å². The van der Waals surface area contributed by atoms with Crippen LogP contribution in [0.5, 0.6) is 5.75 Å². The molecule has 0 saturated heterocycles. The Balaban J connectivity index is 1.53. The lowest BCUT2D eigenvalue weighted by atomic mass is 9.89. The molecule has 0 unspecified atom stereocenters. The topological polar surface area (TPSA) is 132 Å². The molecular weight excluding hydrogens is 460 g/mol. The maximum absolute atomic E-state index is 13.4. The molecule has 0 saturated carbocycles. The van der Waals surface area contributed by atoms with Gasteiger partial charge in [-0.05, 0) is 50.6 Å². The summed E-state index contributed by atoms with van der Waals surface area (Å²) in [6.07, 6.45) is 1.88. The molecule has 3 aliphatic heterocycles. The summed E-state index contributed by atoms with van der Waals surface area (Å²) < 4.78 is 5.50. The van der Waals surface area contributed by atoms with Crippen LogP contribution in [-0.4, -0.2) is 40.7 Å². The molecule has 5 rings (SSSR count). The van der Waals surface area contributed by atoms with Gasteiger partial charge in [0.05, 0.1) is 27.9 Å². The van der Waals surface area contributed by atoms with Crippen molar-refractivity contribution in [1.29, 1.82) is 10.5 Å². The number of carbonyl (C=O) groups excluding carboxylic acids is 4. The monoisotopic (exact) mass is 478 g/mol. The van der Waals surface area contributed by atoms with Crippen molar-refractivity contribution in [1.82, 2.24) is 4.90 Å². The number of esters is 1. The van der Waals surface area contributed by atoms with Gasteiger partial charge in [-0.25, -0.2) is 4.79 Å². The molecule has 0 N–H and O–H groups in total. The van der Waals surface area contributed by atoms with Gasteiger partial charge in [-0.15, -0.1) is 0 Å². The second kappa shape index (κ2) is 7.76. The van der Waals surface area contributed by atoms with E-state index in [2.05, 4.69) is 0 Å². The molecular formula is C27H18N4O5. The molecule has 0 aliphatic carbocycles. The molecule has 9 nitrogen and oxygen atoms in total. The summed E-state index contributed by atoms with van der Waals surface area (Å²) >= 11 is 0. The molecule has 0 radical (unpaired) electrons. The highest BCUT2D eigenvalue weighted by molar-refractivity contribution is 6.36. The Morgan fingerprint density at radius 2 is 1.53 bits per heavy atom. The zero-order valence-electron chi connectivity index (χ0n) is 19.6. The van der Waals surface area contributed by atoms with Gasteiger partial charge in [0, 0.05) is 11.1 Å². The standard InChI is InChI=1S/C27H18N4O5/c1-14-10-27(2,3)31-23-19(14)8-16(9-20(23)22(26(31)35)15(11-28)12-29)36-21(32)13-30-24(33)17-6-4-5-7-18(17)25(30)34/h4-10H,13H2,1-3H3. The van der Waals surface area contributed by atoms with Crippen LogP contribution < -0.4 is 9.64 Å². The summed E-state index contributed by atoms with van der Waals surface area (Å²) in [6, 6.07) is 12.9. The average molecular weight is 478 g/mol. The summed E-state index contributed by atoms with van der Waals surface area (Å²) in [5.74, 6) is -2.47. The Labute approximate surface area is 206 Å². The third kappa shape index (κ3) is 3.14. The molecule has 36 heavy (non-hydrogen) atoms. The van der Waals surface area contributed by atoms with E-state index in [0.29, 0.717) is 16.8 Å². The van der Waals surface area contributed by atoms with Crippen LogP contribution in [0.1, 0.15) is 52.6 Å². The fourth-order valence-corrected chi connectivity index (χ4v) is 5.00. The normalized spacial score (nSPS) is 16.8. The minimum absolute atomic E-state index is 0.0557. The summed E-state index contributed by atoms with van der Waals surface area (Å²) in [6.45, 7) is 4.94. The number of fused-ring (bicyclic) bond motifs is 1. The van der Waals surface area contributed by atoms with E-state index in [1.165, 1.54) is 23.1 Å². The van der Waals surface area contributed by atoms with E-state index in [1.54, 1.807) is 30.3 Å². The van der Waals surface area contributed by atoms with E-state index in [-0.39, 0.29) is 28.0 Å². The summed E-state index contributed by atoms with van der Waals surface area (Å²) in [5, 5.41) is 19.0. The molecule has 3 amide bonds. The van der Waals surface area contributed by atoms with Crippen molar-refractivity contribution < 1.29 is 23.9 Å². The second-order valence-corrected chi connectivity index (χ2v) is 9.18. The number of nitriles is 2. The largest absolute Gasteiger partial charge is 0.425 e. The lowest BCUT2D eigenvalue weighted by molar-refractivity contribution is -0.134. The quantitative estimate of drug-likeness (QED) is 0.218. The maximum Gasteiger partial charge on any atom is 0.331 e. The minimum atomic E-state index is -0.859. The van der Waals surface area contributed by atoms with Crippen molar-refractivity contribution in [2.75, 3.05) is 11.4 Å². The van der Waals surface area contributed by atoms with Gasteiger partial charge in [0.1, 0.15) is 30.0 Å². The number of ether oxygens (including phenoxy) is 1. The lowest BCUT2D eigenvalue weighted by Crippen LogP contribution is -2.46. The van der Waals surface area contributed by atoms with Crippen LogP contribution >= 0.6 is 0 Å². The molecule has 176 valence electrons. The molecule has 0 atom stereocenters. The van der Waals surface area contributed by atoms with Gasteiger partial charge in [-0.3, -0.25) is 24.2 Å². The van der Waals surface area contributed by atoms with Crippen molar-refractivity contribution in [2.45, 2.75) is 26.3 Å². The van der Waals surface area contributed by atoms with Gasteiger partial charge in [0.15, 0.2) is 0 Å². The molecule has 2 aromatic carbocycles. The van der Waals surface area contributed by atoms with E-state index in [1.807, 2.05) is 26.8 Å². The molecule has 0 aromatic heterocycles. The van der Waals surface area contributed by atoms with Crippen molar-refractivity contribution in [3.8, 4) is 17.9 Å². The molecule has 9 heteroatoms. The van der Waals surface area contributed by atoms with Crippen LogP contribution in [0.25, 0.3) is 11.1 Å². The van der Waals surface area contributed by atoms with Crippen molar-refractivity contribution in [3.05, 3.63) is 70.3 Å². The van der Waals surface area contributed by atoms with Crippen LogP contribution in [0, 0.1) is 22.7 Å². The highest BCUT2D eigenvalue weighted by atomic mass is 16.5. The number of carbonyl (C=O) groups is 4. The van der Waals surface area contributed by atoms with Crippen molar-refractivity contribution in [2.24, 2.45) is 0 Å². The number of rotatable bonds is 3. The Hall–Kier alpha value is -5.02. The van der Waals surface area contributed by atoms with E-state index >= 15 is 0 Å². The number of allylic oxidation sites excluding steroid dienone is 2. The third-order valence-corrected chi connectivity index (χ3v) is 6.43. The predicted octanol–water partition coefficient (Wildman–Crippen LogP) is 3.23. The number of anilines is 1. The Morgan fingerprint density at radius 1 is 0.944 bits per heavy atom. The van der Waals surface area contributed by atoms with Gasteiger partial charge in [0.25, 0.3) is 17.7 Å². The minimum Gasteiger partial charge on any atom is -0.425 e. The van der Waals surface area contributed by atoms with E-state index < -0.39 is 35.8 Å². The first kappa shape index (κ1) is 22.8. The van der Waals surface area contributed by atoms with E-state index in [9.17, 15) is 29.7 Å². The summed E-state index contributed by atoms with van der Waals surface area (Å²) in [4.78, 5) is 53.7. The van der Waals surface area contributed by atoms with Crippen molar-refractivity contribution >= 4 is 40.5 Å². The highest BCUT2D eigenvalue weighted by Crippen LogP contribution is 2.51. The molecule has 0 spiro atoms. The zero-order chi connectivity index (χ0) is 25.9. The van der Waals surface area contributed by atoms with Crippen LogP contribution in [0.15, 0.2) is 48.0 Å². The van der Waals surface area contributed by atoms with E-state index in [4.69, 9.17) is 4.74 Å². The Kier molecular flexibility index (Phi) is 4.90. The van der Waals surface area contributed by atoms with Crippen LogP contribution in [-0.2, 0) is 9.59 Å². The number of nitrogens with zero attached hydrogens (tertiary/aromatic N) is 4. The number of hydrogen-bond donors (Lipinski definition) is 0. The zero-order valence-corrected chi connectivity index (χ0v) is 19.6. The first-order valence-corrected chi connectivity index (χ1v) is 11.0. The summed E-state index contributed by atoms with van der Waals surface area (Å²) in [5.41, 5.74) is 1.56. The molecule has 3 aliphatic rings. The van der Waals surface area contributed by atoms with Crippen molar-refractivity contribution in [3.63, 3.8) is 0 Å². The fraction of sp³-hybridized carbons (Fsp3) is 0.185. The Bertz CT molecular complexity index is 1530. The van der Waals surface area contributed by atoms with Gasteiger partial charge in [0.2, 0.25) is 0 Å². The highest BCUT2D eigenvalue weighted by Gasteiger charge is 2.46. The van der Waals surface area contributed by atoms with Gasteiger partial charge in [-0.2, -0.15) is 10.5 Å². The number of benzene rings is 2. The molecule has 3 heterocycles. The number of amides is 3. The molecule has 0 fully saturated rings. The first-order chi connectivity index (χ1) is 17.1. The van der Waals surface area contributed by atoms with Crippen LogP contribution in [0.2, 0.25) is 0 Å². The maximum atomic E-state index is 13.4. The fourth-order valence-electron chi connectivity index (χ4n) is 5.00. The number of imide groups is 1. The lowest BCUT2D eigenvalue weighted by Gasteiger charge is -2.38. The Morgan fingerprint density at radius 3 is 2.11 bits per heavy atom. The average Bonchev–Trinajstić information content (AvgIpc) is 3.25. The summed E-state index contributed by atoms with van der Waals surface area (Å²) in [7, 11) is 0. The number of hydrogen-bond acceptors (Lipinski definition) is 7. The smallest absolute Gasteiger partial charge is 0.331 e. The van der Waals surface area contributed by atoms with Crippen LogP contribution in [0.3, 0.4) is 0 Å².